The van der Waals surface area contributed by atoms with E-state index in [0.717, 1.165) is 17.4 Å². The van der Waals surface area contributed by atoms with Gasteiger partial charge in [0, 0.05) is 6.04 Å². The SMILES string of the molecule is CC1CC(C)CC(C(NN)c2ccc(F)cc2)C1. The van der Waals surface area contributed by atoms with Gasteiger partial charge in [0.05, 0.1) is 0 Å². The molecule has 18 heavy (non-hydrogen) atoms. The number of hydrogen-bond donors (Lipinski definition) is 2. The molecule has 1 saturated carbocycles. The first-order valence-electron chi connectivity index (χ1n) is 6.81. The van der Waals surface area contributed by atoms with Crippen LogP contribution in [0.25, 0.3) is 0 Å². The van der Waals surface area contributed by atoms with Crippen molar-refractivity contribution >= 4 is 0 Å². The van der Waals surface area contributed by atoms with Crippen molar-refractivity contribution in [2.45, 2.75) is 39.2 Å². The minimum Gasteiger partial charge on any atom is -0.271 e. The van der Waals surface area contributed by atoms with Crippen LogP contribution in [0.4, 0.5) is 4.39 Å². The maximum absolute atomic E-state index is 13.0. The highest BCUT2D eigenvalue weighted by Gasteiger charge is 2.30. The quantitative estimate of drug-likeness (QED) is 0.637. The Bertz CT molecular complexity index is 367. The number of halogens is 1. The first-order valence-corrected chi connectivity index (χ1v) is 6.81. The van der Waals surface area contributed by atoms with E-state index < -0.39 is 0 Å². The fourth-order valence-electron chi connectivity index (χ4n) is 3.46. The van der Waals surface area contributed by atoms with Crippen LogP contribution in [-0.4, -0.2) is 0 Å². The van der Waals surface area contributed by atoms with Crippen LogP contribution in [0.1, 0.15) is 44.7 Å². The maximum Gasteiger partial charge on any atom is 0.123 e. The lowest BCUT2D eigenvalue weighted by Gasteiger charge is -2.36. The number of benzene rings is 1. The molecule has 2 nitrogen and oxygen atoms in total. The van der Waals surface area contributed by atoms with Crippen molar-refractivity contribution in [3.05, 3.63) is 35.6 Å². The Labute approximate surface area is 109 Å². The molecule has 0 amide bonds. The van der Waals surface area contributed by atoms with E-state index in [1.807, 2.05) is 12.1 Å². The Hall–Kier alpha value is -0.930. The summed E-state index contributed by atoms with van der Waals surface area (Å²) >= 11 is 0. The molecule has 0 spiro atoms. The number of hydrogen-bond acceptors (Lipinski definition) is 2. The highest BCUT2D eigenvalue weighted by atomic mass is 19.1. The van der Waals surface area contributed by atoms with Crippen molar-refractivity contribution in [1.82, 2.24) is 5.43 Å². The Morgan fingerprint density at radius 2 is 1.67 bits per heavy atom. The van der Waals surface area contributed by atoms with Crippen molar-refractivity contribution in [2.24, 2.45) is 23.6 Å². The van der Waals surface area contributed by atoms with E-state index in [-0.39, 0.29) is 11.9 Å². The summed E-state index contributed by atoms with van der Waals surface area (Å²) in [5.74, 6) is 7.56. The van der Waals surface area contributed by atoms with Gasteiger partial charge in [0.25, 0.3) is 0 Å². The molecule has 100 valence electrons. The van der Waals surface area contributed by atoms with Gasteiger partial charge < -0.3 is 0 Å². The van der Waals surface area contributed by atoms with Crippen molar-refractivity contribution in [1.29, 1.82) is 0 Å². The van der Waals surface area contributed by atoms with Crippen molar-refractivity contribution < 1.29 is 4.39 Å². The average molecular weight is 250 g/mol. The zero-order valence-corrected chi connectivity index (χ0v) is 11.2. The third-order valence-corrected chi connectivity index (χ3v) is 4.10. The molecule has 0 bridgehead atoms. The molecule has 1 aromatic carbocycles. The number of nitrogens with two attached hydrogens (primary N) is 1. The number of hydrazine groups is 1. The molecule has 1 aliphatic rings. The summed E-state index contributed by atoms with van der Waals surface area (Å²) in [5.41, 5.74) is 4.01. The standard InChI is InChI=1S/C15H23FN2/c1-10-7-11(2)9-13(8-10)15(18-17)12-3-5-14(16)6-4-12/h3-6,10-11,13,15,18H,7-9,17H2,1-2H3. The Morgan fingerprint density at radius 1 is 1.11 bits per heavy atom. The molecule has 1 aromatic rings. The fraction of sp³-hybridized carbons (Fsp3) is 0.600. The van der Waals surface area contributed by atoms with Gasteiger partial charge in [-0.05, 0) is 54.7 Å². The first kappa shape index (κ1) is 13.5. The van der Waals surface area contributed by atoms with E-state index in [9.17, 15) is 4.39 Å². The summed E-state index contributed by atoms with van der Waals surface area (Å²) < 4.78 is 13.0. The fourth-order valence-corrected chi connectivity index (χ4v) is 3.46. The lowest BCUT2D eigenvalue weighted by Crippen LogP contribution is -2.37. The molecule has 0 aliphatic heterocycles. The lowest BCUT2D eigenvalue weighted by atomic mass is 9.72. The van der Waals surface area contributed by atoms with Gasteiger partial charge >= 0.3 is 0 Å². The third kappa shape index (κ3) is 3.09. The normalized spacial score (nSPS) is 30.1. The van der Waals surface area contributed by atoms with Crippen LogP contribution < -0.4 is 11.3 Å². The van der Waals surface area contributed by atoms with Crippen LogP contribution in [0.5, 0.6) is 0 Å². The summed E-state index contributed by atoms with van der Waals surface area (Å²) in [6, 6.07) is 6.83. The number of nitrogens with one attached hydrogen (secondary N) is 1. The first-order chi connectivity index (χ1) is 8.60. The zero-order valence-electron chi connectivity index (χ0n) is 11.2. The monoisotopic (exact) mass is 250 g/mol. The minimum atomic E-state index is -0.195. The Balaban J connectivity index is 2.14. The molecule has 0 saturated heterocycles. The molecule has 1 fully saturated rings. The van der Waals surface area contributed by atoms with Gasteiger partial charge in [-0.25, -0.2) is 4.39 Å². The van der Waals surface area contributed by atoms with E-state index in [1.54, 1.807) is 0 Å². The predicted molar refractivity (Wildman–Crippen MR) is 72.1 cm³/mol. The number of rotatable bonds is 3. The topological polar surface area (TPSA) is 38.0 Å². The summed E-state index contributed by atoms with van der Waals surface area (Å²) in [4.78, 5) is 0. The molecule has 0 aromatic heterocycles. The lowest BCUT2D eigenvalue weighted by molar-refractivity contribution is 0.177. The van der Waals surface area contributed by atoms with Crippen LogP contribution in [0.3, 0.4) is 0 Å². The van der Waals surface area contributed by atoms with Crippen LogP contribution in [0.15, 0.2) is 24.3 Å². The average Bonchev–Trinajstić information content (AvgIpc) is 2.31. The molecule has 3 unspecified atom stereocenters. The largest absolute Gasteiger partial charge is 0.271 e. The van der Waals surface area contributed by atoms with Gasteiger partial charge in [0.15, 0.2) is 0 Å². The Morgan fingerprint density at radius 3 is 2.17 bits per heavy atom. The van der Waals surface area contributed by atoms with Crippen molar-refractivity contribution in [3.63, 3.8) is 0 Å². The summed E-state index contributed by atoms with van der Waals surface area (Å²) in [7, 11) is 0. The third-order valence-electron chi connectivity index (χ3n) is 4.10. The van der Waals surface area contributed by atoms with Gasteiger partial charge in [0.1, 0.15) is 5.82 Å². The molecule has 3 N–H and O–H groups in total. The Kier molecular flexibility index (Phi) is 4.36. The van der Waals surface area contributed by atoms with Gasteiger partial charge in [-0.2, -0.15) is 0 Å². The van der Waals surface area contributed by atoms with Gasteiger partial charge in [-0.15, -0.1) is 0 Å². The molecular formula is C15H23FN2. The zero-order chi connectivity index (χ0) is 13.1. The second-order valence-electron chi connectivity index (χ2n) is 5.87. The molecule has 0 radical (unpaired) electrons. The maximum atomic E-state index is 13.0. The van der Waals surface area contributed by atoms with Crippen LogP contribution >= 0.6 is 0 Å². The van der Waals surface area contributed by atoms with Crippen LogP contribution in [0, 0.1) is 23.6 Å². The van der Waals surface area contributed by atoms with Crippen LogP contribution in [0.2, 0.25) is 0 Å². The highest BCUT2D eigenvalue weighted by Crippen LogP contribution is 2.39. The van der Waals surface area contributed by atoms with E-state index >= 15 is 0 Å². The van der Waals surface area contributed by atoms with E-state index in [0.29, 0.717) is 5.92 Å². The minimum absolute atomic E-state index is 0.135. The van der Waals surface area contributed by atoms with Crippen molar-refractivity contribution in [2.75, 3.05) is 0 Å². The molecule has 0 heterocycles. The van der Waals surface area contributed by atoms with Crippen LogP contribution in [-0.2, 0) is 0 Å². The highest BCUT2D eigenvalue weighted by molar-refractivity contribution is 5.20. The summed E-state index contributed by atoms with van der Waals surface area (Å²) in [6.45, 7) is 4.61. The van der Waals surface area contributed by atoms with E-state index in [1.165, 1.54) is 31.4 Å². The molecule has 3 atom stereocenters. The van der Waals surface area contributed by atoms with E-state index in [4.69, 9.17) is 5.84 Å². The molecule has 1 aliphatic carbocycles. The van der Waals surface area contributed by atoms with E-state index in [2.05, 4.69) is 19.3 Å². The molecule has 3 heteroatoms. The summed E-state index contributed by atoms with van der Waals surface area (Å²) in [5, 5.41) is 0. The molecule has 2 rings (SSSR count). The second-order valence-corrected chi connectivity index (χ2v) is 5.87. The predicted octanol–water partition coefficient (Wildman–Crippen LogP) is 3.40. The smallest absolute Gasteiger partial charge is 0.123 e. The van der Waals surface area contributed by atoms with Gasteiger partial charge in [-0.3, -0.25) is 11.3 Å². The summed E-state index contributed by atoms with van der Waals surface area (Å²) in [6.07, 6.45) is 3.68. The molecular weight excluding hydrogens is 227 g/mol. The second kappa shape index (κ2) is 5.81. The van der Waals surface area contributed by atoms with Gasteiger partial charge in [0.2, 0.25) is 0 Å². The van der Waals surface area contributed by atoms with Gasteiger partial charge in [-0.1, -0.05) is 26.0 Å². The van der Waals surface area contributed by atoms with Crippen molar-refractivity contribution in [3.8, 4) is 0 Å².